The first-order valence-corrected chi connectivity index (χ1v) is 5.37. The minimum atomic E-state index is -0.220. The zero-order chi connectivity index (χ0) is 11.0. The van der Waals surface area contributed by atoms with Crippen LogP contribution in [0.1, 0.15) is 40.5 Å². The van der Waals surface area contributed by atoms with Gasteiger partial charge in [-0.15, -0.1) is 0 Å². The number of esters is 1. The number of ether oxygens (including phenoxy) is 1. The molecule has 0 fully saturated rings. The minimum absolute atomic E-state index is 0.220. The maximum absolute atomic E-state index is 11.1. The van der Waals surface area contributed by atoms with E-state index >= 15 is 0 Å². The maximum atomic E-state index is 11.1. The second kappa shape index (κ2) is 7.60. The molecule has 0 N–H and O–H groups in total. The molecule has 0 aromatic heterocycles. The van der Waals surface area contributed by atoms with E-state index in [1.807, 2.05) is 19.9 Å². The standard InChI is InChI=1S/C12H22O2/c1-10(2)6-5-9-14-12(13)8-7-11(3)4/h7-8,10-11H,5-6,9H2,1-4H3/b8-7+. The van der Waals surface area contributed by atoms with Gasteiger partial charge in [-0.2, -0.15) is 0 Å². The number of hydrogen-bond acceptors (Lipinski definition) is 2. The van der Waals surface area contributed by atoms with Gasteiger partial charge in [-0.1, -0.05) is 33.8 Å². The largest absolute Gasteiger partial charge is 0.463 e. The van der Waals surface area contributed by atoms with Crippen molar-refractivity contribution in [3.05, 3.63) is 12.2 Å². The second-order valence-electron chi connectivity index (χ2n) is 4.31. The van der Waals surface area contributed by atoms with E-state index in [1.165, 1.54) is 6.08 Å². The highest BCUT2D eigenvalue weighted by atomic mass is 16.5. The Kier molecular flexibility index (Phi) is 7.17. The van der Waals surface area contributed by atoms with Crippen molar-refractivity contribution in [2.24, 2.45) is 11.8 Å². The summed E-state index contributed by atoms with van der Waals surface area (Å²) in [6.45, 7) is 8.94. The normalized spacial score (nSPS) is 11.6. The lowest BCUT2D eigenvalue weighted by Crippen LogP contribution is -2.03. The Hall–Kier alpha value is -0.790. The van der Waals surface area contributed by atoms with Gasteiger partial charge in [-0.3, -0.25) is 0 Å². The second-order valence-corrected chi connectivity index (χ2v) is 4.31. The molecular formula is C12H22O2. The zero-order valence-electron chi connectivity index (χ0n) is 9.75. The lowest BCUT2D eigenvalue weighted by atomic mass is 10.1. The molecule has 0 saturated heterocycles. The summed E-state index contributed by atoms with van der Waals surface area (Å²) in [5.74, 6) is 0.862. The Bertz CT molecular complexity index is 181. The number of rotatable bonds is 6. The van der Waals surface area contributed by atoms with Gasteiger partial charge in [0, 0.05) is 6.08 Å². The van der Waals surface area contributed by atoms with Gasteiger partial charge in [0.1, 0.15) is 0 Å². The van der Waals surface area contributed by atoms with E-state index < -0.39 is 0 Å². The molecule has 0 spiro atoms. The molecule has 2 nitrogen and oxygen atoms in total. The van der Waals surface area contributed by atoms with Gasteiger partial charge in [0.15, 0.2) is 0 Å². The van der Waals surface area contributed by atoms with Crippen LogP contribution in [0.4, 0.5) is 0 Å². The van der Waals surface area contributed by atoms with Crippen molar-refractivity contribution >= 4 is 5.97 Å². The van der Waals surface area contributed by atoms with Crippen LogP contribution in [0.5, 0.6) is 0 Å². The molecule has 82 valence electrons. The molecule has 0 radical (unpaired) electrons. The van der Waals surface area contributed by atoms with Crippen LogP contribution >= 0.6 is 0 Å². The van der Waals surface area contributed by atoms with Crippen molar-refractivity contribution in [1.82, 2.24) is 0 Å². The van der Waals surface area contributed by atoms with Crippen LogP contribution < -0.4 is 0 Å². The SMILES string of the molecule is CC(C)/C=C/C(=O)OCCCC(C)C. The molecule has 0 aliphatic heterocycles. The van der Waals surface area contributed by atoms with E-state index in [1.54, 1.807) is 0 Å². The summed E-state index contributed by atoms with van der Waals surface area (Å²) in [7, 11) is 0. The van der Waals surface area contributed by atoms with Gasteiger partial charge < -0.3 is 4.74 Å². The first-order chi connectivity index (χ1) is 6.52. The van der Waals surface area contributed by atoms with Crippen molar-refractivity contribution in [3.63, 3.8) is 0 Å². The molecule has 2 heteroatoms. The first kappa shape index (κ1) is 13.2. The highest BCUT2D eigenvalue weighted by molar-refractivity contribution is 5.81. The molecule has 0 aromatic carbocycles. The van der Waals surface area contributed by atoms with Gasteiger partial charge in [-0.05, 0) is 24.7 Å². The maximum Gasteiger partial charge on any atom is 0.330 e. The molecule has 0 aliphatic carbocycles. The Morgan fingerprint density at radius 3 is 2.43 bits per heavy atom. The molecule has 0 aromatic rings. The molecule has 0 aliphatic rings. The predicted molar refractivity (Wildman–Crippen MR) is 59.0 cm³/mol. The van der Waals surface area contributed by atoms with Crippen molar-refractivity contribution in [1.29, 1.82) is 0 Å². The number of carbonyl (C=O) groups excluding carboxylic acids is 1. The van der Waals surface area contributed by atoms with Crippen molar-refractivity contribution in [2.45, 2.75) is 40.5 Å². The van der Waals surface area contributed by atoms with Crippen LogP contribution in [-0.4, -0.2) is 12.6 Å². The Morgan fingerprint density at radius 2 is 1.93 bits per heavy atom. The summed E-state index contributed by atoms with van der Waals surface area (Å²) < 4.78 is 5.02. The van der Waals surface area contributed by atoms with E-state index in [9.17, 15) is 4.79 Å². The van der Waals surface area contributed by atoms with Crippen LogP contribution in [-0.2, 0) is 9.53 Å². The van der Waals surface area contributed by atoms with E-state index in [4.69, 9.17) is 4.74 Å². The third kappa shape index (κ3) is 9.30. The number of allylic oxidation sites excluding steroid dienone is 1. The lowest BCUT2D eigenvalue weighted by Gasteiger charge is -2.04. The summed E-state index contributed by atoms with van der Waals surface area (Å²) >= 11 is 0. The fourth-order valence-electron chi connectivity index (χ4n) is 0.983. The average molecular weight is 198 g/mol. The molecule has 0 heterocycles. The van der Waals surface area contributed by atoms with Gasteiger partial charge in [-0.25, -0.2) is 4.79 Å². The molecular weight excluding hydrogens is 176 g/mol. The number of hydrogen-bond donors (Lipinski definition) is 0. The highest BCUT2D eigenvalue weighted by Gasteiger charge is 1.98. The van der Waals surface area contributed by atoms with E-state index in [-0.39, 0.29) is 5.97 Å². The summed E-state index contributed by atoms with van der Waals surface area (Å²) in [5.41, 5.74) is 0. The minimum Gasteiger partial charge on any atom is -0.463 e. The Morgan fingerprint density at radius 1 is 1.29 bits per heavy atom. The first-order valence-electron chi connectivity index (χ1n) is 5.37. The Balaban J connectivity index is 3.45. The van der Waals surface area contributed by atoms with Crippen LogP contribution in [0, 0.1) is 11.8 Å². The smallest absolute Gasteiger partial charge is 0.330 e. The van der Waals surface area contributed by atoms with Crippen LogP contribution in [0.15, 0.2) is 12.2 Å². The van der Waals surface area contributed by atoms with E-state index in [0.717, 1.165) is 12.8 Å². The van der Waals surface area contributed by atoms with Crippen molar-refractivity contribution in [2.75, 3.05) is 6.61 Å². The van der Waals surface area contributed by atoms with Gasteiger partial charge in [0.05, 0.1) is 6.61 Å². The Labute approximate surface area is 87.3 Å². The van der Waals surface area contributed by atoms with Gasteiger partial charge >= 0.3 is 5.97 Å². The van der Waals surface area contributed by atoms with Crippen LogP contribution in [0.3, 0.4) is 0 Å². The van der Waals surface area contributed by atoms with Gasteiger partial charge in [0.2, 0.25) is 0 Å². The molecule has 0 unspecified atom stereocenters. The summed E-state index contributed by atoms with van der Waals surface area (Å²) in [5, 5.41) is 0. The molecule has 0 atom stereocenters. The fourth-order valence-corrected chi connectivity index (χ4v) is 0.983. The van der Waals surface area contributed by atoms with Crippen molar-refractivity contribution in [3.8, 4) is 0 Å². The topological polar surface area (TPSA) is 26.3 Å². The third-order valence-electron chi connectivity index (χ3n) is 1.79. The van der Waals surface area contributed by atoms with Crippen LogP contribution in [0.2, 0.25) is 0 Å². The summed E-state index contributed by atoms with van der Waals surface area (Å²) in [6, 6.07) is 0. The highest BCUT2D eigenvalue weighted by Crippen LogP contribution is 2.03. The third-order valence-corrected chi connectivity index (χ3v) is 1.79. The van der Waals surface area contributed by atoms with E-state index in [2.05, 4.69) is 13.8 Å². The van der Waals surface area contributed by atoms with Crippen LogP contribution in [0.25, 0.3) is 0 Å². The molecule has 0 bridgehead atoms. The number of carbonyl (C=O) groups is 1. The quantitative estimate of drug-likeness (QED) is 0.372. The molecule has 0 rings (SSSR count). The monoisotopic (exact) mass is 198 g/mol. The summed E-state index contributed by atoms with van der Waals surface area (Å²) in [4.78, 5) is 11.1. The molecule has 0 saturated carbocycles. The molecule has 14 heavy (non-hydrogen) atoms. The fraction of sp³-hybridized carbons (Fsp3) is 0.750. The summed E-state index contributed by atoms with van der Waals surface area (Å²) in [6.07, 6.45) is 5.44. The molecule has 0 amide bonds. The average Bonchev–Trinajstić information content (AvgIpc) is 2.08. The van der Waals surface area contributed by atoms with E-state index in [0.29, 0.717) is 18.4 Å². The predicted octanol–water partition coefficient (Wildman–Crippen LogP) is 3.18. The van der Waals surface area contributed by atoms with Crippen molar-refractivity contribution < 1.29 is 9.53 Å². The lowest BCUT2D eigenvalue weighted by molar-refractivity contribution is -0.137. The zero-order valence-corrected chi connectivity index (χ0v) is 9.75. The van der Waals surface area contributed by atoms with Gasteiger partial charge in [0.25, 0.3) is 0 Å².